The average Bonchev–Trinajstić information content (AvgIpc) is 2.82. The highest BCUT2D eigenvalue weighted by atomic mass is 35.5. The van der Waals surface area contributed by atoms with Gasteiger partial charge in [-0.15, -0.1) is 0 Å². The molecular formula is C14H18Cl2N2O5S2. The van der Waals surface area contributed by atoms with Gasteiger partial charge in [0.05, 0.1) is 28.1 Å². The molecule has 1 aliphatic heterocycles. The lowest BCUT2D eigenvalue weighted by Gasteiger charge is -2.22. The summed E-state index contributed by atoms with van der Waals surface area (Å²) in [5, 5.41) is 2.49. The van der Waals surface area contributed by atoms with Crippen molar-refractivity contribution < 1.29 is 21.6 Å². The smallest absolute Gasteiger partial charge is 0.246 e. The Morgan fingerprint density at radius 1 is 1.32 bits per heavy atom. The van der Waals surface area contributed by atoms with Gasteiger partial charge in [0.15, 0.2) is 9.84 Å². The Kier molecular flexibility index (Phi) is 6.37. The maximum atomic E-state index is 12.8. The van der Waals surface area contributed by atoms with Gasteiger partial charge in [-0.05, 0) is 18.6 Å². The van der Waals surface area contributed by atoms with Crippen molar-refractivity contribution in [2.75, 3.05) is 24.6 Å². The van der Waals surface area contributed by atoms with Crippen molar-refractivity contribution >= 4 is 49.0 Å². The van der Waals surface area contributed by atoms with Crippen molar-refractivity contribution in [2.24, 2.45) is 0 Å². The monoisotopic (exact) mass is 428 g/mol. The number of sulfone groups is 1. The van der Waals surface area contributed by atoms with E-state index >= 15 is 0 Å². The minimum Gasteiger partial charge on any atom is -0.351 e. The normalized spacial score (nSPS) is 19.9. The molecule has 2 rings (SSSR count). The van der Waals surface area contributed by atoms with Crippen LogP contribution < -0.4 is 5.32 Å². The van der Waals surface area contributed by atoms with Gasteiger partial charge >= 0.3 is 0 Å². The Morgan fingerprint density at radius 2 is 1.92 bits per heavy atom. The van der Waals surface area contributed by atoms with E-state index < -0.39 is 38.4 Å². The summed E-state index contributed by atoms with van der Waals surface area (Å²) < 4.78 is 49.3. The lowest BCUT2D eigenvalue weighted by molar-refractivity contribution is -0.121. The van der Waals surface area contributed by atoms with E-state index in [0.717, 1.165) is 4.31 Å². The van der Waals surface area contributed by atoms with Crippen LogP contribution in [0.4, 0.5) is 0 Å². The summed E-state index contributed by atoms with van der Waals surface area (Å²) in [5.74, 6) is -0.688. The third-order valence-electron chi connectivity index (χ3n) is 3.79. The number of hydrogen-bond donors (Lipinski definition) is 1. The van der Waals surface area contributed by atoms with E-state index in [0.29, 0.717) is 6.42 Å². The van der Waals surface area contributed by atoms with E-state index in [2.05, 4.69) is 5.32 Å². The molecule has 1 heterocycles. The number of sulfonamides is 1. The first-order valence-corrected chi connectivity index (χ1v) is 11.5. The van der Waals surface area contributed by atoms with Crippen LogP contribution in [0.1, 0.15) is 13.3 Å². The molecule has 0 radical (unpaired) electrons. The van der Waals surface area contributed by atoms with Crippen LogP contribution in [0.5, 0.6) is 0 Å². The Hall–Kier alpha value is -0.870. The molecule has 1 aliphatic rings. The fourth-order valence-corrected chi connectivity index (χ4v) is 6.74. The maximum Gasteiger partial charge on any atom is 0.246 e. The molecule has 0 spiro atoms. The molecule has 1 fully saturated rings. The van der Waals surface area contributed by atoms with Gasteiger partial charge in [-0.3, -0.25) is 4.79 Å². The summed E-state index contributed by atoms with van der Waals surface area (Å²) in [4.78, 5) is 11.9. The van der Waals surface area contributed by atoms with Crippen LogP contribution >= 0.6 is 23.2 Å². The Balaban J connectivity index is 2.15. The first-order chi connectivity index (χ1) is 11.6. The first-order valence-electron chi connectivity index (χ1n) is 7.51. The van der Waals surface area contributed by atoms with Crippen LogP contribution in [-0.4, -0.2) is 57.7 Å². The van der Waals surface area contributed by atoms with E-state index in [4.69, 9.17) is 23.2 Å². The molecule has 0 bridgehead atoms. The molecule has 11 heteroatoms. The second-order valence-corrected chi connectivity index (χ2v) is 10.6. The van der Waals surface area contributed by atoms with Gasteiger partial charge in [0.1, 0.15) is 4.90 Å². The summed E-state index contributed by atoms with van der Waals surface area (Å²) in [6, 6.07) is 3.82. The summed E-state index contributed by atoms with van der Waals surface area (Å²) in [6.07, 6.45) is 0.323. The zero-order valence-electron chi connectivity index (χ0n) is 13.4. The topological polar surface area (TPSA) is 101 Å². The van der Waals surface area contributed by atoms with E-state index in [1.54, 1.807) is 6.92 Å². The van der Waals surface area contributed by atoms with Gasteiger partial charge in [0, 0.05) is 12.6 Å². The highest BCUT2D eigenvalue weighted by Crippen LogP contribution is 2.31. The number of hydrogen-bond acceptors (Lipinski definition) is 5. The van der Waals surface area contributed by atoms with Gasteiger partial charge in [0.2, 0.25) is 15.9 Å². The van der Waals surface area contributed by atoms with Gasteiger partial charge in [-0.25, -0.2) is 16.8 Å². The zero-order valence-corrected chi connectivity index (χ0v) is 16.6. The third kappa shape index (κ3) is 4.85. The molecule has 0 saturated carbocycles. The minimum atomic E-state index is -4.07. The number of likely N-dealkylation sites (N-methyl/N-ethyl adjacent to an activating group) is 1. The Labute approximate surface area is 157 Å². The van der Waals surface area contributed by atoms with Crippen LogP contribution in [0.2, 0.25) is 10.0 Å². The number of halogens is 2. The van der Waals surface area contributed by atoms with Crippen molar-refractivity contribution in [3.63, 3.8) is 0 Å². The van der Waals surface area contributed by atoms with Crippen LogP contribution in [0.3, 0.4) is 0 Å². The fraction of sp³-hybridized carbons (Fsp3) is 0.500. The third-order valence-corrected chi connectivity index (χ3v) is 8.43. The lowest BCUT2D eigenvalue weighted by Crippen LogP contribution is -2.44. The predicted octanol–water partition coefficient (Wildman–Crippen LogP) is 1.31. The summed E-state index contributed by atoms with van der Waals surface area (Å²) >= 11 is 11.9. The molecule has 140 valence electrons. The van der Waals surface area contributed by atoms with Crippen LogP contribution in [0.25, 0.3) is 0 Å². The number of benzene rings is 1. The van der Waals surface area contributed by atoms with Crippen molar-refractivity contribution in [3.05, 3.63) is 28.2 Å². The Bertz CT molecular complexity index is 851. The van der Waals surface area contributed by atoms with Crippen LogP contribution in [0.15, 0.2) is 23.1 Å². The van der Waals surface area contributed by atoms with E-state index in [-0.39, 0.29) is 33.0 Å². The summed E-state index contributed by atoms with van der Waals surface area (Å²) in [7, 11) is -7.21. The molecule has 1 atom stereocenters. The molecule has 7 nitrogen and oxygen atoms in total. The number of nitrogens with zero attached hydrogens (tertiary/aromatic N) is 1. The van der Waals surface area contributed by atoms with Crippen LogP contribution in [0, 0.1) is 0 Å². The van der Waals surface area contributed by atoms with E-state index in [9.17, 15) is 21.6 Å². The molecule has 1 N–H and O–H groups in total. The first kappa shape index (κ1) is 20.4. The lowest BCUT2D eigenvalue weighted by atomic mass is 10.2. The summed E-state index contributed by atoms with van der Waals surface area (Å²) in [5.41, 5.74) is 0. The second kappa shape index (κ2) is 7.79. The van der Waals surface area contributed by atoms with Crippen molar-refractivity contribution in [2.45, 2.75) is 24.3 Å². The molecule has 1 aromatic rings. The van der Waals surface area contributed by atoms with Gasteiger partial charge in [0.25, 0.3) is 0 Å². The maximum absolute atomic E-state index is 12.8. The number of carbonyl (C=O) groups is 1. The van der Waals surface area contributed by atoms with Crippen LogP contribution in [-0.2, 0) is 24.7 Å². The van der Waals surface area contributed by atoms with Gasteiger partial charge in [-0.2, -0.15) is 4.31 Å². The SMILES string of the molecule is CCN(CC(=O)NC1CCS(=O)(=O)C1)S(=O)(=O)c1c(Cl)cccc1Cl. The molecule has 1 aromatic carbocycles. The predicted molar refractivity (Wildman–Crippen MR) is 96.1 cm³/mol. The van der Waals surface area contributed by atoms with Crippen molar-refractivity contribution in [3.8, 4) is 0 Å². The fourth-order valence-electron chi connectivity index (χ4n) is 2.57. The van der Waals surface area contributed by atoms with Crippen molar-refractivity contribution in [1.82, 2.24) is 9.62 Å². The summed E-state index contributed by atoms with van der Waals surface area (Å²) in [6.45, 7) is 1.16. The standard InChI is InChI=1S/C14H18Cl2N2O5S2/c1-2-18(8-13(19)17-10-6-7-24(20,21)9-10)25(22,23)14-11(15)4-3-5-12(14)16/h3-5,10H,2,6-9H2,1H3,(H,17,19). The highest BCUT2D eigenvalue weighted by Gasteiger charge is 2.32. The molecular weight excluding hydrogens is 411 g/mol. The van der Waals surface area contributed by atoms with E-state index in [1.165, 1.54) is 18.2 Å². The number of nitrogens with one attached hydrogen (secondary N) is 1. The highest BCUT2D eigenvalue weighted by molar-refractivity contribution is 7.91. The van der Waals surface area contributed by atoms with Crippen molar-refractivity contribution in [1.29, 1.82) is 0 Å². The van der Waals surface area contributed by atoms with Gasteiger partial charge < -0.3 is 5.32 Å². The molecule has 1 saturated heterocycles. The minimum absolute atomic E-state index is 0.0168. The molecule has 1 amide bonds. The quantitative estimate of drug-likeness (QED) is 0.735. The molecule has 1 unspecified atom stereocenters. The number of amides is 1. The molecule has 0 aliphatic carbocycles. The zero-order chi connectivity index (χ0) is 18.8. The Morgan fingerprint density at radius 3 is 2.40 bits per heavy atom. The molecule has 0 aromatic heterocycles. The largest absolute Gasteiger partial charge is 0.351 e. The average molecular weight is 429 g/mol. The molecule has 25 heavy (non-hydrogen) atoms. The second-order valence-electron chi connectivity index (χ2n) is 5.65. The van der Waals surface area contributed by atoms with E-state index in [1.807, 2.05) is 0 Å². The number of carbonyl (C=O) groups excluding carboxylic acids is 1. The van der Waals surface area contributed by atoms with Gasteiger partial charge in [-0.1, -0.05) is 36.2 Å². The number of rotatable bonds is 6.